The van der Waals surface area contributed by atoms with E-state index >= 15 is 0 Å². The smallest absolute Gasteiger partial charge is 0.275 e. The van der Waals surface area contributed by atoms with Gasteiger partial charge in [-0.15, -0.1) is 0 Å². The molecule has 0 amide bonds. The van der Waals surface area contributed by atoms with Crippen LogP contribution >= 0.6 is 11.6 Å². The van der Waals surface area contributed by atoms with Crippen molar-refractivity contribution in [2.45, 2.75) is 25.4 Å². The van der Waals surface area contributed by atoms with Crippen LogP contribution in [0.2, 0.25) is 5.02 Å². The van der Waals surface area contributed by atoms with Gasteiger partial charge in [0, 0.05) is 36.6 Å². The van der Waals surface area contributed by atoms with Gasteiger partial charge in [-0.25, -0.2) is 4.39 Å². The van der Waals surface area contributed by atoms with Crippen molar-refractivity contribution in [1.29, 1.82) is 5.26 Å². The lowest BCUT2D eigenvalue weighted by atomic mass is 10.1. The van der Waals surface area contributed by atoms with Gasteiger partial charge in [0.1, 0.15) is 28.9 Å². The third kappa shape index (κ3) is 3.50. The van der Waals surface area contributed by atoms with Gasteiger partial charge in [0.2, 0.25) is 0 Å². The number of hydrogen-bond acceptors (Lipinski definition) is 4. The number of hydrogen-bond donors (Lipinski definition) is 1. The molecule has 0 saturated carbocycles. The molecule has 1 saturated heterocycles. The highest BCUT2D eigenvalue weighted by molar-refractivity contribution is 6.31. The van der Waals surface area contributed by atoms with E-state index in [2.05, 4.69) is 11.0 Å². The van der Waals surface area contributed by atoms with Gasteiger partial charge in [0.25, 0.3) is 5.56 Å². The molecule has 0 aliphatic carbocycles. The van der Waals surface area contributed by atoms with E-state index in [9.17, 15) is 14.4 Å². The van der Waals surface area contributed by atoms with Crippen molar-refractivity contribution < 1.29 is 4.39 Å². The molecule has 1 aromatic carbocycles. The highest BCUT2D eigenvalue weighted by Gasteiger charge is 2.24. The first-order valence-electron chi connectivity index (χ1n) is 9.47. The van der Waals surface area contributed by atoms with Crippen molar-refractivity contribution in [3.05, 3.63) is 62.8 Å². The molecule has 8 heteroatoms. The molecule has 1 aliphatic rings. The molecule has 1 fully saturated rings. The maximum absolute atomic E-state index is 13.8. The molecule has 150 valence electrons. The topological polar surface area (TPSA) is 80.0 Å². The van der Waals surface area contributed by atoms with Crippen LogP contribution < -0.4 is 16.2 Å². The summed E-state index contributed by atoms with van der Waals surface area (Å²) in [5.74, 6) is 0.435. The Morgan fingerprint density at radius 2 is 2.14 bits per heavy atom. The van der Waals surface area contributed by atoms with Gasteiger partial charge in [-0.2, -0.15) is 5.26 Å². The van der Waals surface area contributed by atoms with Gasteiger partial charge in [-0.05, 0) is 48.7 Å². The number of benzene rings is 1. The fraction of sp³-hybridized carbons (Fsp3) is 0.333. The molecule has 2 N–H and O–H groups in total. The third-order valence-electron chi connectivity index (χ3n) is 5.50. The second-order valence-electron chi connectivity index (χ2n) is 7.48. The van der Waals surface area contributed by atoms with E-state index in [0.29, 0.717) is 28.0 Å². The third-order valence-corrected chi connectivity index (χ3v) is 5.87. The Balaban J connectivity index is 1.95. The summed E-state index contributed by atoms with van der Waals surface area (Å²) in [5.41, 5.74) is 7.22. The Bertz CT molecular complexity index is 1190. The maximum atomic E-state index is 13.8. The number of nitriles is 1. The highest BCUT2D eigenvalue weighted by Crippen LogP contribution is 2.30. The fourth-order valence-corrected chi connectivity index (χ4v) is 4.18. The number of fused-ring (bicyclic) bond motifs is 1. The lowest BCUT2D eigenvalue weighted by Gasteiger charge is -2.33. The zero-order valence-electron chi connectivity index (χ0n) is 16.0. The van der Waals surface area contributed by atoms with Crippen LogP contribution in [0.25, 0.3) is 10.9 Å². The first-order chi connectivity index (χ1) is 13.9. The van der Waals surface area contributed by atoms with E-state index in [1.54, 1.807) is 13.1 Å². The molecule has 4 rings (SSSR count). The molecule has 3 heterocycles. The fourth-order valence-electron chi connectivity index (χ4n) is 4.00. The van der Waals surface area contributed by atoms with Crippen LogP contribution in [-0.4, -0.2) is 28.3 Å². The van der Waals surface area contributed by atoms with Gasteiger partial charge < -0.3 is 19.8 Å². The standard InChI is InChI=1S/C21H21ClFN5O/c1-26-17(10-24)8-13-9-19(27-6-2-3-16(25)12-27)28(20(13)21(26)29)11-14-7-15(23)4-5-18(14)22/h4-5,7-9,16H,2-3,6,11-12,25H2,1H3/t16-/m1/s1. The van der Waals surface area contributed by atoms with E-state index < -0.39 is 0 Å². The van der Waals surface area contributed by atoms with Crippen molar-refractivity contribution in [2.24, 2.45) is 12.8 Å². The summed E-state index contributed by atoms with van der Waals surface area (Å²) in [6.45, 7) is 1.72. The van der Waals surface area contributed by atoms with Gasteiger partial charge in [-0.1, -0.05) is 11.6 Å². The molecular weight excluding hydrogens is 393 g/mol. The van der Waals surface area contributed by atoms with Crippen LogP contribution in [0.1, 0.15) is 24.1 Å². The average Bonchev–Trinajstić information content (AvgIpc) is 3.06. The molecule has 6 nitrogen and oxygen atoms in total. The summed E-state index contributed by atoms with van der Waals surface area (Å²) >= 11 is 6.30. The van der Waals surface area contributed by atoms with Crippen LogP contribution in [0.3, 0.4) is 0 Å². The average molecular weight is 414 g/mol. The summed E-state index contributed by atoms with van der Waals surface area (Å²) in [7, 11) is 1.57. The van der Waals surface area contributed by atoms with Gasteiger partial charge in [0.15, 0.2) is 0 Å². The zero-order valence-corrected chi connectivity index (χ0v) is 16.8. The summed E-state index contributed by atoms with van der Waals surface area (Å²) in [4.78, 5) is 15.2. The highest BCUT2D eigenvalue weighted by atomic mass is 35.5. The summed E-state index contributed by atoms with van der Waals surface area (Å²) in [6.07, 6.45) is 1.90. The van der Waals surface area contributed by atoms with Crippen molar-refractivity contribution >= 4 is 28.3 Å². The van der Waals surface area contributed by atoms with Crippen molar-refractivity contribution in [1.82, 2.24) is 9.13 Å². The molecule has 0 unspecified atom stereocenters. The van der Waals surface area contributed by atoms with Crippen LogP contribution in [0, 0.1) is 17.1 Å². The lowest BCUT2D eigenvalue weighted by molar-refractivity contribution is 0.498. The number of halogens is 2. The summed E-state index contributed by atoms with van der Waals surface area (Å²) < 4.78 is 17.0. The van der Waals surface area contributed by atoms with Gasteiger partial charge in [0.05, 0.1) is 6.54 Å². The molecule has 0 spiro atoms. The normalized spacial score (nSPS) is 16.9. The Morgan fingerprint density at radius 3 is 2.86 bits per heavy atom. The van der Waals surface area contributed by atoms with E-state index in [-0.39, 0.29) is 29.7 Å². The van der Waals surface area contributed by atoms with E-state index in [4.69, 9.17) is 17.3 Å². The number of anilines is 1. The predicted octanol–water partition coefficient (Wildman–Crippen LogP) is 2.98. The second-order valence-corrected chi connectivity index (χ2v) is 7.89. The minimum atomic E-state index is -0.387. The van der Waals surface area contributed by atoms with Gasteiger partial charge in [-0.3, -0.25) is 4.79 Å². The molecule has 1 atom stereocenters. The maximum Gasteiger partial charge on any atom is 0.275 e. The van der Waals surface area contributed by atoms with Crippen LogP contribution in [-0.2, 0) is 13.6 Å². The first kappa shape index (κ1) is 19.5. The molecule has 2 aromatic heterocycles. The molecule has 29 heavy (non-hydrogen) atoms. The largest absolute Gasteiger partial charge is 0.356 e. The Morgan fingerprint density at radius 1 is 1.34 bits per heavy atom. The van der Waals surface area contributed by atoms with Crippen LogP contribution in [0.5, 0.6) is 0 Å². The van der Waals surface area contributed by atoms with Crippen LogP contribution in [0.15, 0.2) is 35.1 Å². The number of pyridine rings is 1. The molecule has 1 aliphatic heterocycles. The Kier molecular flexibility index (Phi) is 5.07. The molecule has 3 aromatic rings. The summed E-state index contributed by atoms with van der Waals surface area (Å²) in [5, 5.41) is 10.5. The van der Waals surface area contributed by atoms with Gasteiger partial charge >= 0.3 is 0 Å². The monoisotopic (exact) mass is 413 g/mol. The van der Waals surface area contributed by atoms with E-state index in [1.165, 1.54) is 22.8 Å². The molecule has 0 bridgehead atoms. The number of rotatable bonds is 3. The number of nitrogens with two attached hydrogens (primary N) is 1. The Hall–Kier alpha value is -2.82. The van der Waals surface area contributed by atoms with E-state index in [0.717, 1.165) is 25.2 Å². The van der Waals surface area contributed by atoms with E-state index in [1.807, 2.05) is 10.6 Å². The number of piperidine rings is 1. The predicted molar refractivity (Wildman–Crippen MR) is 112 cm³/mol. The molecular formula is C21H21ClFN5O. The number of aromatic nitrogens is 2. The van der Waals surface area contributed by atoms with Crippen molar-refractivity contribution in [3.63, 3.8) is 0 Å². The lowest BCUT2D eigenvalue weighted by Crippen LogP contribution is -2.43. The SMILES string of the molecule is Cn1c(C#N)cc2cc(N3CCC[C@@H](N)C3)n(Cc3cc(F)ccc3Cl)c2c1=O. The number of nitrogens with zero attached hydrogens (tertiary/aromatic N) is 4. The summed E-state index contributed by atoms with van der Waals surface area (Å²) in [6, 6.07) is 9.92. The van der Waals surface area contributed by atoms with Crippen molar-refractivity contribution in [2.75, 3.05) is 18.0 Å². The quantitative estimate of drug-likeness (QED) is 0.715. The Labute approximate surface area is 172 Å². The van der Waals surface area contributed by atoms with Crippen molar-refractivity contribution in [3.8, 4) is 6.07 Å². The first-order valence-corrected chi connectivity index (χ1v) is 9.84. The minimum Gasteiger partial charge on any atom is -0.356 e. The van der Waals surface area contributed by atoms with Crippen LogP contribution in [0.4, 0.5) is 10.2 Å². The second kappa shape index (κ2) is 7.54. The molecule has 0 radical (unpaired) electrons. The minimum absolute atomic E-state index is 0.0467. The zero-order chi connectivity index (χ0) is 20.7.